The fourth-order valence-electron chi connectivity index (χ4n) is 9.57. The summed E-state index contributed by atoms with van der Waals surface area (Å²) in [5.74, 6) is -0.383. The highest BCUT2D eigenvalue weighted by Gasteiger charge is 2.67. The number of allylic oxidation sites excluding steroid dienone is 1. The van der Waals surface area contributed by atoms with Crippen molar-refractivity contribution in [3.63, 3.8) is 0 Å². The van der Waals surface area contributed by atoms with Crippen LogP contribution < -0.4 is 10.6 Å². The van der Waals surface area contributed by atoms with E-state index in [1.165, 1.54) is 4.90 Å². The number of hydrogen-bond acceptors (Lipinski definition) is 8. The van der Waals surface area contributed by atoms with E-state index in [4.69, 9.17) is 18.8 Å². The molecule has 2 saturated heterocycles. The summed E-state index contributed by atoms with van der Waals surface area (Å²) >= 11 is 0. The number of carbonyl (C=O) groups excluding carboxylic acids is 4. The van der Waals surface area contributed by atoms with E-state index in [1.807, 2.05) is 30.3 Å². The molecule has 1 aromatic rings. The number of rotatable bonds is 15. The van der Waals surface area contributed by atoms with E-state index < -0.39 is 60.5 Å². The number of alkyl carbamates (subject to hydrolysis) is 1. The minimum Gasteiger partial charge on any atom is -0.444 e. The predicted octanol–water partition coefficient (Wildman–Crippen LogP) is 6.86. The van der Waals surface area contributed by atoms with Crippen LogP contribution in [-0.2, 0) is 41.5 Å². The summed E-state index contributed by atoms with van der Waals surface area (Å²) in [5, 5.41) is 5.95. The number of nitrogens with one attached hydrogen (secondary N) is 2. The van der Waals surface area contributed by atoms with Crippen molar-refractivity contribution < 1.29 is 38.0 Å². The average Bonchev–Trinajstić information content (AvgIpc) is 3.86. The van der Waals surface area contributed by atoms with Crippen molar-refractivity contribution in [3.05, 3.63) is 60.7 Å². The van der Waals surface area contributed by atoms with Gasteiger partial charge >= 0.3 is 19.3 Å². The molecule has 12 nitrogen and oxygen atoms in total. The minimum atomic E-state index is -1.05. The monoisotopic (exact) mass is 774 g/mol. The molecule has 0 unspecified atom stereocenters. The molecule has 7 rings (SSSR count). The topological polar surface area (TPSA) is 136 Å². The molecule has 1 aromatic carbocycles. The zero-order valence-corrected chi connectivity index (χ0v) is 34.3. The first-order valence-corrected chi connectivity index (χ1v) is 20.7. The zero-order valence-electron chi connectivity index (χ0n) is 34.3. The van der Waals surface area contributed by atoms with Gasteiger partial charge < -0.3 is 34.3 Å². The number of fused-ring (bicyclic) bond motifs is 1. The normalized spacial score (nSPS) is 28.3. The van der Waals surface area contributed by atoms with Gasteiger partial charge in [-0.15, -0.1) is 13.2 Å². The molecular weight excluding hydrogens is 711 g/mol. The lowest BCUT2D eigenvalue weighted by Gasteiger charge is -2.63. The van der Waals surface area contributed by atoms with E-state index in [0.717, 1.165) is 56.1 Å². The van der Waals surface area contributed by atoms with Gasteiger partial charge in [0.2, 0.25) is 11.8 Å². The van der Waals surface area contributed by atoms with Crippen LogP contribution in [-0.4, -0.2) is 88.9 Å². The number of likely N-dealkylation sites (tertiary alicyclic amines) is 1. The van der Waals surface area contributed by atoms with Crippen molar-refractivity contribution >= 4 is 31.1 Å². The molecular formula is C43H63BN4O8. The number of unbranched alkanes of at least 4 members (excludes halogenated alkanes) is 4. The van der Waals surface area contributed by atoms with Crippen molar-refractivity contribution in [1.29, 1.82) is 0 Å². The Labute approximate surface area is 333 Å². The van der Waals surface area contributed by atoms with E-state index in [0.29, 0.717) is 31.3 Å². The van der Waals surface area contributed by atoms with Crippen LogP contribution in [0.4, 0.5) is 9.59 Å². The third-order valence-corrected chi connectivity index (χ3v) is 12.8. The van der Waals surface area contributed by atoms with Crippen LogP contribution in [0.15, 0.2) is 49.6 Å². The number of amides is 4. The highest BCUT2D eigenvalue weighted by atomic mass is 16.7. The maximum Gasteiger partial charge on any atom is 0.481 e. The number of benzene rings is 1. The first-order valence-electron chi connectivity index (χ1n) is 20.7. The lowest BCUT2D eigenvalue weighted by molar-refractivity contribution is -0.185. The smallest absolute Gasteiger partial charge is 0.444 e. The number of carbonyl (C=O) groups is 4. The standard InChI is InChI=1S/C43H63BN4O8/c1-9-11-12-13-14-15-21-35(44-55-36-32-22-30(42(32,6)7)24-43(36,8)56-44)46-37(49)34-23-31(53-40(52)47-25-28-19-16-17-20-29(28)26-47)27-48(34)38(50)33(18-10-2)45-39(51)54-41(3,4)5/h9-10,16-17,19-20,30-36H,1-2,11-15,18,21-27H2,3-8H3,(H,45,51)(H,46,49)/t30-,31-,32+,33+,34+,35+,36-,43+/m1/s1. The summed E-state index contributed by atoms with van der Waals surface area (Å²) in [7, 11) is -0.643. The van der Waals surface area contributed by atoms with Crippen molar-refractivity contribution in [2.75, 3.05) is 6.54 Å². The van der Waals surface area contributed by atoms with Gasteiger partial charge in [0.1, 0.15) is 23.8 Å². The van der Waals surface area contributed by atoms with Gasteiger partial charge in [-0.1, -0.05) is 69.5 Å². The maximum atomic E-state index is 14.6. The van der Waals surface area contributed by atoms with E-state index in [1.54, 1.807) is 31.7 Å². The van der Waals surface area contributed by atoms with Gasteiger partial charge in [-0.2, -0.15) is 0 Å². The lowest BCUT2D eigenvalue weighted by Crippen LogP contribution is -2.63. The van der Waals surface area contributed by atoms with Gasteiger partial charge in [-0.25, -0.2) is 9.59 Å². The van der Waals surface area contributed by atoms with Gasteiger partial charge in [0.15, 0.2) is 0 Å². The summed E-state index contributed by atoms with van der Waals surface area (Å²) in [6.45, 7) is 20.5. The summed E-state index contributed by atoms with van der Waals surface area (Å²) in [6.07, 6.45) is 9.17. The highest BCUT2D eigenvalue weighted by Crippen LogP contribution is 2.64. The fourth-order valence-corrected chi connectivity index (χ4v) is 9.57. The Balaban J connectivity index is 1.20. The molecule has 6 aliphatic rings. The molecule has 306 valence electrons. The highest BCUT2D eigenvalue weighted by molar-refractivity contribution is 6.48. The Hall–Kier alpha value is -3.84. The number of hydrogen-bond donors (Lipinski definition) is 2. The Morgan fingerprint density at radius 2 is 1.70 bits per heavy atom. The molecule has 2 N–H and O–H groups in total. The van der Waals surface area contributed by atoms with E-state index >= 15 is 0 Å². The van der Waals surface area contributed by atoms with Gasteiger partial charge in [-0.05, 0) is 94.6 Å². The molecule has 3 aliphatic heterocycles. The second kappa shape index (κ2) is 16.9. The molecule has 3 saturated carbocycles. The first kappa shape index (κ1) is 41.8. The summed E-state index contributed by atoms with van der Waals surface area (Å²) in [6, 6.07) is 5.84. The van der Waals surface area contributed by atoms with Crippen LogP contribution >= 0.6 is 0 Å². The second-order valence-electron chi connectivity index (χ2n) is 18.4. The van der Waals surface area contributed by atoms with Gasteiger partial charge in [0, 0.05) is 19.5 Å². The SMILES string of the molecule is C=CCCCCCC[C@H](NC(=O)[C@@H]1C[C@@H](OC(=O)N2Cc3ccccc3C2)CN1C(=O)[C@H](CC=C)NC(=O)OC(C)(C)C)B1O[C@@H]2[C@@H]3C[C@H](C[C@]2(C)O1)C3(C)C. The first-order chi connectivity index (χ1) is 26.5. The number of nitrogens with zero attached hydrogens (tertiary/aromatic N) is 2. The Morgan fingerprint density at radius 3 is 2.34 bits per heavy atom. The summed E-state index contributed by atoms with van der Waals surface area (Å²) in [5.41, 5.74) is 1.07. The molecule has 2 bridgehead atoms. The Morgan fingerprint density at radius 1 is 1.00 bits per heavy atom. The molecule has 13 heteroatoms. The van der Waals surface area contributed by atoms with Gasteiger partial charge in [0.05, 0.1) is 24.2 Å². The molecule has 0 spiro atoms. The zero-order chi connectivity index (χ0) is 40.4. The second-order valence-corrected chi connectivity index (χ2v) is 18.4. The van der Waals surface area contributed by atoms with Crippen LogP contribution in [0.1, 0.15) is 117 Å². The number of ether oxygens (including phenoxy) is 2. The van der Waals surface area contributed by atoms with E-state index in [-0.39, 0.29) is 36.8 Å². The van der Waals surface area contributed by atoms with Crippen molar-refractivity contribution in [1.82, 2.24) is 20.4 Å². The van der Waals surface area contributed by atoms with Crippen LogP contribution in [0.3, 0.4) is 0 Å². The van der Waals surface area contributed by atoms with Crippen LogP contribution in [0.25, 0.3) is 0 Å². The maximum absolute atomic E-state index is 14.6. The van der Waals surface area contributed by atoms with E-state index in [9.17, 15) is 19.2 Å². The quantitative estimate of drug-likeness (QED) is 0.112. The lowest BCUT2D eigenvalue weighted by atomic mass is 9.45. The van der Waals surface area contributed by atoms with Crippen molar-refractivity contribution in [2.45, 2.75) is 160 Å². The van der Waals surface area contributed by atoms with Crippen LogP contribution in [0.5, 0.6) is 0 Å². The Kier molecular flexibility index (Phi) is 12.6. The third kappa shape index (κ3) is 9.14. The summed E-state index contributed by atoms with van der Waals surface area (Å²) in [4.78, 5) is 58.4. The molecule has 0 radical (unpaired) electrons. The molecule has 3 heterocycles. The molecule has 3 aliphatic carbocycles. The van der Waals surface area contributed by atoms with Gasteiger partial charge in [-0.3, -0.25) is 14.5 Å². The van der Waals surface area contributed by atoms with Crippen molar-refractivity contribution in [3.8, 4) is 0 Å². The largest absolute Gasteiger partial charge is 0.481 e. The van der Waals surface area contributed by atoms with Crippen LogP contribution in [0.2, 0.25) is 0 Å². The summed E-state index contributed by atoms with van der Waals surface area (Å²) < 4.78 is 25.1. The van der Waals surface area contributed by atoms with Crippen LogP contribution in [0, 0.1) is 17.3 Å². The van der Waals surface area contributed by atoms with Crippen molar-refractivity contribution in [2.24, 2.45) is 17.3 Å². The average molecular weight is 775 g/mol. The fraction of sp³-hybridized carbons (Fsp3) is 0.674. The Bertz CT molecular complexity index is 1620. The van der Waals surface area contributed by atoms with Gasteiger partial charge in [0.25, 0.3) is 0 Å². The molecule has 0 aromatic heterocycles. The molecule has 5 fully saturated rings. The predicted molar refractivity (Wildman–Crippen MR) is 214 cm³/mol. The third-order valence-electron chi connectivity index (χ3n) is 12.8. The molecule has 4 amide bonds. The molecule has 56 heavy (non-hydrogen) atoms. The van der Waals surface area contributed by atoms with E-state index in [2.05, 4.69) is 44.6 Å². The minimum absolute atomic E-state index is 0.0181. The molecule has 8 atom stereocenters.